The van der Waals surface area contributed by atoms with Crippen LogP contribution in [-0.2, 0) is 4.79 Å². The molecule has 104 valence electrons. The third kappa shape index (κ3) is 4.43. The molecule has 2 rings (SSSR count). The topological polar surface area (TPSA) is 41.1 Å². The van der Waals surface area contributed by atoms with Crippen LogP contribution in [0.15, 0.2) is 48.5 Å². The third-order valence-corrected chi connectivity index (χ3v) is 2.96. The maximum absolute atomic E-state index is 11.8. The Kier molecular flexibility index (Phi) is 4.77. The van der Waals surface area contributed by atoms with Crippen LogP contribution in [0.5, 0.6) is 0 Å². The van der Waals surface area contributed by atoms with Gasteiger partial charge in [-0.15, -0.1) is 0 Å². The van der Waals surface area contributed by atoms with E-state index in [0.717, 1.165) is 11.4 Å². The summed E-state index contributed by atoms with van der Waals surface area (Å²) in [5.41, 5.74) is 4.35. The monoisotopic (exact) mass is 268 g/mol. The predicted molar refractivity (Wildman–Crippen MR) is 84.1 cm³/mol. The van der Waals surface area contributed by atoms with Gasteiger partial charge < -0.3 is 10.6 Å². The zero-order valence-corrected chi connectivity index (χ0v) is 11.9. The van der Waals surface area contributed by atoms with Crippen molar-refractivity contribution < 1.29 is 4.79 Å². The molecular weight excluding hydrogens is 248 g/mol. The number of hydrogen-bond donors (Lipinski definition) is 2. The van der Waals surface area contributed by atoms with Crippen molar-refractivity contribution in [1.82, 2.24) is 0 Å². The van der Waals surface area contributed by atoms with E-state index in [2.05, 4.69) is 42.7 Å². The van der Waals surface area contributed by atoms with Crippen molar-refractivity contribution in [2.75, 3.05) is 17.2 Å². The van der Waals surface area contributed by atoms with Crippen molar-refractivity contribution >= 4 is 17.3 Å². The standard InChI is InChI=1S/C17H20N2O/c1-13-10-14(2)12-16(11-13)18-9-8-17(20)19-15-6-4-3-5-7-15/h3-7,10-12,18H,8-9H2,1-2H3,(H,19,20). The second-order valence-electron chi connectivity index (χ2n) is 4.97. The van der Waals surface area contributed by atoms with E-state index < -0.39 is 0 Å². The molecule has 0 aromatic heterocycles. The second kappa shape index (κ2) is 6.75. The van der Waals surface area contributed by atoms with E-state index in [1.165, 1.54) is 11.1 Å². The van der Waals surface area contributed by atoms with Crippen molar-refractivity contribution in [3.8, 4) is 0 Å². The van der Waals surface area contributed by atoms with Crippen LogP contribution in [0, 0.1) is 13.8 Å². The van der Waals surface area contributed by atoms with Gasteiger partial charge in [0, 0.05) is 24.3 Å². The smallest absolute Gasteiger partial charge is 0.226 e. The lowest BCUT2D eigenvalue weighted by Crippen LogP contribution is -2.16. The molecule has 0 saturated heterocycles. The Bertz CT molecular complexity index is 559. The average molecular weight is 268 g/mol. The summed E-state index contributed by atoms with van der Waals surface area (Å²) in [6.07, 6.45) is 0.446. The Hall–Kier alpha value is -2.29. The first-order valence-corrected chi connectivity index (χ1v) is 6.80. The van der Waals surface area contributed by atoms with E-state index in [4.69, 9.17) is 0 Å². The van der Waals surface area contributed by atoms with Crippen molar-refractivity contribution in [3.05, 3.63) is 59.7 Å². The number of nitrogens with one attached hydrogen (secondary N) is 2. The molecule has 0 aliphatic carbocycles. The molecule has 0 aliphatic heterocycles. The van der Waals surface area contributed by atoms with Crippen LogP contribution in [0.4, 0.5) is 11.4 Å². The van der Waals surface area contributed by atoms with E-state index in [9.17, 15) is 4.79 Å². The normalized spacial score (nSPS) is 10.1. The van der Waals surface area contributed by atoms with Gasteiger partial charge in [0.15, 0.2) is 0 Å². The van der Waals surface area contributed by atoms with Gasteiger partial charge in [0.25, 0.3) is 0 Å². The average Bonchev–Trinajstić information content (AvgIpc) is 2.38. The molecule has 0 spiro atoms. The predicted octanol–water partition coefficient (Wildman–Crippen LogP) is 3.74. The highest BCUT2D eigenvalue weighted by Gasteiger charge is 2.02. The van der Waals surface area contributed by atoms with Crippen molar-refractivity contribution in [2.24, 2.45) is 0 Å². The molecule has 0 atom stereocenters. The lowest BCUT2D eigenvalue weighted by atomic mass is 10.1. The molecule has 20 heavy (non-hydrogen) atoms. The maximum atomic E-state index is 11.8. The zero-order valence-electron chi connectivity index (χ0n) is 11.9. The first kappa shape index (κ1) is 14.1. The molecular formula is C17H20N2O. The summed E-state index contributed by atoms with van der Waals surface area (Å²) < 4.78 is 0. The van der Waals surface area contributed by atoms with Crippen molar-refractivity contribution in [1.29, 1.82) is 0 Å². The molecule has 0 unspecified atom stereocenters. The Morgan fingerprint density at radius 3 is 2.25 bits per heavy atom. The number of rotatable bonds is 5. The SMILES string of the molecule is Cc1cc(C)cc(NCCC(=O)Nc2ccccc2)c1. The van der Waals surface area contributed by atoms with Crippen LogP contribution < -0.4 is 10.6 Å². The van der Waals surface area contributed by atoms with Crippen LogP contribution in [0.25, 0.3) is 0 Å². The van der Waals surface area contributed by atoms with Crippen LogP contribution in [-0.4, -0.2) is 12.5 Å². The summed E-state index contributed by atoms with van der Waals surface area (Å²) in [6.45, 7) is 4.77. The van der Waals surface area contributed by atoms with Gasteiger partial charge in [0.2, 0.25) is 5.91 Å². The van der Waals surface area contributed by atoms with Gasteiger partial charge in [0.1, 0.15) is 0 Å². The molecule has 0 aliphatic rings. The van der Waals surface area contributed by atoms with E-state index in [0.29, 0.717) is 13.0 Å². The Labute approximate surface area is 120 Å². The molecule has 2 aromatic carbocycles. The fourth-order valence-electron chi connectivity index (χ4n) is 2.14. The fourth-order valence-corrected chi connectivity index (χ4v) is 2.14. The Morgan fingerprint density at radius 1 is 0.950 bits per heavy atom. The van der Waals surface area contributed by atoms with Gasteiger partial charge in [0.05, 0.1) is 0 Å². The van der Waals surface area contributed by atoms with Crippen molar-refractivity contribution in [3.63, 3.8) is 0 Å². The summed E-state index contributed by atoms with van der Waals surface area (Å²) in [7, 11) is 0. The van der Waals surface area contributed by atoms with Crippen molar-refractivity contribution in [2.45, 2.75) is 20.3 Å². The second-order valence-corrected chi connectivity index (χ2v) is 4.97. The van der Waals surface area contributed by atoms with Gasteiger partial charge in [-0.2, -0.15) is 0 Å². The first-order valence-electron chi connectivity index (χ1n) is 6.80. The highest BCUT2D eigenvalue weighted by atomic mass is 16.1. The number of amides is 1. The van der Waals surface area contributed by atoms with Crippen LogP contribution in [0.2, 0.25) is 0 Å². The van der Waals surface area contributed by atoms with E-state index >= 15 is 0 Å². The number of carbonyl (C=O) groups is 1. The number of benzene rings is 2. The molecule has 0 fully saturated rings. The minimum atomic E-state index is 0.0214. The molecule has 2 aromatic rings. The van der Waals surface area contributed by atoms with Crippen LogP contribution in [0.1, 0.15) is 17.5 Å². The van der Waals surface area contributed by atoms with Crippen LogP contribution in [0.3, 0.4) is 0 Å². The molecule has 0 saturated carbocycles. The highest BCUT2D eigenvalue weighted by molar-refractivity contribution is 5.90. The molecule has 2 N–H and O–H groups in total. The molecule has 0 radical (unpaired) electrons. The summed E-state index contributed by atoms with van der Waals surface area (Å²) in [4.78, 5) is 11.8. The number of anilines is 2. The molecule has 1 amide bonds. The highest BCUT2D eigenvalue weighted by Crippen LogP contribution is 2.13. The summed E-state index contributed by atoms with van der Waals surface area (Å²) in [6, 6.07) is 15.8. The summed E-state index contributed by atoms with van der Waals surface area (Å²) in [5, 5.41) is 6.15. The van der Waals surface area contributed by atoms with Gasteiger partial charge in [-0.05, 0) is 49.2 Å². The lowest BCUT2D eigenvalue weighted by molar-refractivity contribution is -0.115. The number of carbonyl (C=O) groups excluding carboxylic acids is 1. The molecule has 3 nitrogen and oxygen atoms in total. The van der Waals surface area contributed by atoms with Crippen LogP contribution >= 0.6 is 0 Å². The zero-order chi connectivity index (χ0) is 14.4. The maximum Gasteiger partial charge on any atom is 0.226 e. The van der Waals surface area contributed by atoms with Gasteiger partial charge >= 0.3 is 0 Å². The Morgan fingerprint density at radius 2 is 1.60 bits per heavy atom. The molecule has 3 heteroatoms. The molecule has 0 heterocycles. The van der Waals surface area contributed by atoms with E-state index in [-0.39, 0.29) is 5.91 Å². The number of para-hydroxylation sites is 1. The summed E-state index contributed by atoms with van der Waals surface area (Å²) in [5.74, 6) is 0.0214. The number of hydrogen-bond acceptors (Lipinski definition) is 2. The Balaban J connectivity index is 1.79. The minimum absolute atomic E-state index is 0.0214. The number of aryl methyl sites for hydroxylation is 2. The van der Waals surface area contributed by atoms with E-state index in [1.54, 1.807) is 0 Å². The van der Waals surface area contributed by atoms with Gasteiger partial charge in [-0.25, -0.2) is 0 Å². The largest absolute Gasteiger partial charge is 0.385 e. The summed E-state index contributed by atoms with van der Waals surface area (Å²) >= 11 is 0. The van der Waals surface area contributed by atoms with E-state index in [1.807, 2.05) is 30.3 Å². The van der Waals surface area contributed by atoms with Gasteiger partial charge in [-0.1, -0.05) is 24.3 Å². The van der Waals surface area contributed by atoms with Gasteiger partial charge in [-0.3, -0.25) is 4.79 Å². The quantitative estimate of drug-likeness (QED) is 0.867. The first-order chi connectivity index (χ1) is 9.63. The third-order valence-electron chi connectivity index (χ3n) is 2.96. The fraction of sp³-hybridized carbons (Fsp3) is 0.235. The molecule has 0 bridgehead atoms. The lowest BCUT2D eigenvalue weighted by Gasteiger charge is -2.09. The minimum Gasteiger partial charge on any atom is -0.385 e.